The fourth-order valence-corrected chi connectivity index (χ4v) is 5.17. The van der Waals surface area contributed by atoms with Crippen molar-refractivity contribution in [2.75, 3.05) is 42.7 Å². The van der Waals surface area contributed by atoms with Gasteiger partial charge in [-0.1, -0.05) is 6.07 Å². The van der Waals surface area contributed by atoms with Gasteiger partial charge in [0, 0.05) is 11.1 Å². The molecule has 0 saturated carbocycles. The second-order valence-electron chi connectivity index (χ2n) is 8.65. The highest BCUT2D eigenvalue weighted by Crippen LogP contribution is 2.52. The Balaban J connectivity index is 1.92. The summed E-state index contributed by atoms with van der Waals surface area (Å²) in [6.45, 7) is 0. The molecule has 1 atom stereocenters. The van der Waals surface area contributed by atoms with Crippen molar-refractivity contribution in [3.05, 3.63) is 63.8 Å². The number of rotatable bonds is 8. The molecule has 1 heterocycles. The molecule has 4 rings (SSSR count). The largest absolute Gasteiger partial charge is 0.493 e. The smallest absolute Gasteiger partial charge is 0.205 e. The van der Waals surface area contributed by atoms with Gasteiger partial charge in [-0.15, -0.1) is 0 Å². The predicted octanol–water partition coefficient (Wildman–Crippen LogP) is 5.07. The summed E-state index contributed by atoms with van der Waals surface area (Å²) >= 11 is 0. The number of hydrogen-bond acceptors (Lipinski definition) is 9. The van der Waals surface area contributed by atoms with Gasteiger partial charge in [0.1, 0.15) is 17.4 Å². The van der Waals surface area contributed by atoms with Crippen molar-refractivity contribution in [2.45, 2.75) is 25.2 Å². The van der Waals surface area contributed by atoms with E-state index in [-0.39, 0.29) is 5.88 Å². The first-order valence-corrected chi connectivity index (χ1v) is 12.1. The number of nitrogens with zero attached hydrogens (tertiary/aromatic N) is 1. The second-order valence-corrected chi connectivity index (χ2v) is 8.65. The molecule has 2 N–H and O–H groups in total. The van der Waals surface area contributed by atoms with Gasteiger partial charge in [-0.2, -0.15) is 5.26 Å². The number of hydrogen-bond donors (Lipinski definition) is 1. The van der Waals surface area contributed by atoms with Crippen LogP contribution in [0, 0.1) is 11.3 Å². The Morgan fingerprint density at radius 2 is 1.42 bits per heavy atom. The molecule has 200 valence electrons. The molecular formula is C29H32N2O7. The van der Waals surface area contributed by atoms with Crippen LogP contribution >= 0.6 is 0 Å². The van der Waals surface area contributed by atoms with E-state index in [1.165, 1.54) is 0 Å². The van der Waals surface area contributed by atoms with Crippen LogP contribution in [0.2, 0.25) is 0 Å². The normalized spacial score (nSPS) is 17.8. The molecule has 0 bridgehead atoms. The maximum atomic E-state index is 10.1. The van der Waals surface area contributed by atoms with Crippen LogP contribution in [0.4, 0.5) is 0 Å². The standard InChI is InChI=1S/C29H32N2O7/c1-32-21-12-10-17(25(34-3)27(21)36-5)14-16-8-7-9-18-23(20(15-30)29(31)38-24(16)18)19-11-13-22(33-2)28(37-6)26(19)35-4/h10-14,23H,7-9,31H2,1-6H3/b16-14-/t23-/m1/s1. The third kappa shape index (κ3) is 4.43. The summed E-state index contributed by atoms with van der Waals surface area (Å²) in [6, 6.07) is 9.66. The molecule has 9 nitrogen and oxygen atoms in total. The topological polar surface area (TPSA) is 114 Å². The minimum Gasteiger partial charge on any atom is -0.493 e. The van der Waals surface area contributed by atoms with Gasteiger partial charge in [-0.25, -0.2) is 0 Å². The lowest BCUT2D eigenvalue weighted by atomic mass is 9.76. The van der Waals surface area contributed by atoms with Crippen LogP contribution in [0.1, 0.15) is 36.3 Å². The van der Waals surface area contributed by atoms with E-state index in [0.717, 1.165) is 41.5 Å². The lowest BCUT2D eigenvalue weighted by Crippen LogP contribution is -2.24. The molecule has 38 heavy (non-hydrogen) atoms. The molecule has 2 aliphatic rings. The summed E-state index contributed by atoms with van der Waals surface area (Å²) < 4.78 is 39.6. The first-order valence-electron chi connectivity index (χ1n) is 12.1. The van der Waals surface area contributed by atoms with E-state index in [1.807, 2.05) is 24.3 Å². The monoisotopic (exact) mass is 520 g/mol. The van der Waals surface area contributed by atoms with Crippen molar-refractivity contribution in [3.63, 3.8) is 0 Å². The van der Waals surface area contributed by atoms with Crippen LogP contribution in [-0.2, 0) is 4.74 Å². The maximum Gasteiger partial charge on any atom is 0.205 e. The number of nitrogens with two attached hydrogens (primary N) is 1. The van der Waals surface area contributed by atoms with Crippen LogP contribution in [0.25, 0.3) is 6.08 Å². The highest BCUT2D eigenvalue weighted by atomic mass is 16.5. The van der Waals surface area contributed by atoms with Gasteiger partial charge in [0.25, 0.3) is 0 Å². The van der Waals surface area contributed by atoms with Gasteiger partial charge in [-0.3, -0.25) is 0 Å². The zero-order valence-corrected chi connectivity index (χ0v) is 22.5. The zero-order chi connectivity index (χ0) is 27.4. The highest BCUT2D eigenvalue weighted by molar-refractivity contribution is 5.71. The molecule has 0 unspecified atom stereocenters. The Morgan fingerprint density at radius 3 is 2.00 bits per heavy atom. The van der Waals surface area contributed by atoms with Crippen LogP contribution in [0.5, 0.6) is 34.5 Å². The first kappa shape index (κ1) is 26.6. The minimum absolute atomic E-state index is 0.0557. The molecule has 0 saturated heterocycles. The van der Waals surface area contributed by atoms with Crippen molar-refractivity contribution < 1.29 is 33.2 Å². The van der Waals surface area contributed by atoms with Gasteiger partial charge < -0.3 is 38.9 Å². The van der Waals surface area contributed by atoms with Gasteiger partial charge in [0.05, 0.1) is 48.6 Å². The molecule has 1 aliphatic carbocycles. The molecule has 0 radical (unpaired) electrons. The molecule has 0 fully saturated rings. The molecule has 0 amide bonds. The summed E-state index contributed by atoms with van der Waals surface area (Å²) in [7, 11) is 9.40. The van der Waals surface area contributed by atoms with Crippen molar-refractivity contribution in [2.24, 2.45) is 5.73 Å². The maximum absolute atomic E-state index is 10.1. The van der Waals surface area contributed by atoms with Crippen LogP contribution in [0.3, 0.4) is 0 Å². The quantitative estimate of drug-likeness (QED) is 0.510. The van der Waals surface area contributed by atoms with Gasteiger partial charge in [-0.05, 0) is 54.7 Å². The SMILES string of the molecule is COc1ccc(/C=C2/CCCC3=C2OC(N)=C(C#N)[C@H]3c2ccc(OC)c(OC)c2OC)c(OC)c1OC. The molecule has 0 spiro atoms. The van der Waals surface area contributed by atoms with E-state index in [1.54, 1.807) is 48.7 Å². The third-order valence-corrected chi connectivity index (χ3v) is 6.82. The average molecular weight is 521 g/mol. The molecule has 2 aromatic carbocycles. The molecule has 0 aromatic heterocycles. The summed E-state index contributed by atoms with van der Waals surface area (Å²) in [5.41, 5.74) is 10.1. The van der Waals surface area contributed by atoms with E-state index in [2.05, 4.69) is 6.07 Å². The number of methoxy groups -OCH3 is 6. The molecule has 1 aliphatic heterocycles. The Kier molecular flexibility index (Phi) is 7.91. The van der Waals surface area contributed by atoms with Gasteiger partial charge in [0.15, 0.2) is 23.0 Å². The van der Waals surface area contributed by atoms with E-state index in [4.69, 9.17) is 38.9 Å². The second kappa shape index (κ2) is 11.3. The Bertz CT molecular complexity index is 1370. The fraction of sp³-hybridized carbons (Fsp3) is 0.345. The number of nitriles is 1. The first-order chi connectivity index (χ1) is 18.5. The zero-order valence-electron chi connectivity index (χ0n) is 22.5. The average Bonchev–Trinajstić information content (AvgIpc) is 2.95. The van der Waals surface area contributed by atoms with Crippen molar-refractivity contribution >= 4 is 6.08 Å². The summed E-state index contributed by atoms with van der Waals surface area (Å²) in [5, 5.41) is 10.1. The summed E-state index contributed by atoms with van der Waals surface area (Å²) in [6.07, 6.45) is 4.33. The predicted molar refractivity (Wildman–Crippen MR) is 142 cm³/mol. The Labute approximate surface area is 222 Å². The van der Waals surface area contributed by atoms with E-state index >= 15 is 0 Å². The van der Waals surface area contributed by atoms with E-state index < -0.39 is 5.92 Å². The lowest BCUT2D eigenvalue weighted by Gasteiger charge is -2.34. The van der Waals surface area contributed by atoms with E-state index in [9.17, 15) is 5.26 Å². The fourth-order valence-electron chi connectivity index (χ4n) is 5.17. The third-order valence-electron chi connectivity index (χ3n) is 6.82. The minimum atomic E-state index is -0.477. The number of benzene rings is 2. The Hall–Kier alpha value is -4.45. The Morgan fingerprint density at radius 1 is 0.816 bits per heavy atom. The molecular weight excluding hydrogens is 488 g/mol. The lowest BCUT2D eigenvalue weighted by molar-refractivity contribution is 0.275. The molecule has 9 heteroatoms. The number of ether oxygens (including phenoxy) is 7. The van der Waals surface area contributed by atoms with Crippen molar-refractivity contribution in [1.29, 1.82) is 5.26 Å². The van der Waals surface area contributed by atoms with Gasteiger partial charge in [0.2, 0.25) is 17.4 Å². The van der Waals surface area contributed by atoms with Gasteiger partial charge >= 0.3 is 0 Å². The van der Waals surface area contributed by atoms with Crippen LogP contribution in [0.15, 0.2) is 52.6 Å². The number of allylic oxidation sites excluding steroid dienone is 3. The molecule has 2 aromatic rings. The van der Waals surface area contributed by atoms with Crippen LogP contribution in [-0.4, -0.2) is 42.7 Å². The van der Waals surface area contributed by atoms with Crippen molar-refractivity contribution in [1.82, 2.24) is 0 Å². The highest BCUT2D eigenvalue weighted by Gasteiger charge is 2.38. The van der Waals surface area contributed by atoms with Crippen LogP contribution < -0.4 is 34.2 Å². The summed E-state index contributed by atoms with van der Waals surface area (Å²) in [4.78, 5) is 0. The van der Waals surface area contributed by atoms with Crippen molar-refractivity contribution in [3.8, 4) is 40.6 Å². The van der Waals surface area contributed by atoms with E-state index in [0.29, 0.717) is 45.8 Å². The summed E-state index contributed by atoms with van der Waals surface area (Å²) in [5.74, 6) is 3.27.